The Morgan fingerprint density at radius 3 is 2.35 bits per heavy atom. The predicted octanol–water partition coefficient (Wildman–Crippen LogP) is 3.45. The maximum Gasteiger partial charge on any atom is 0.254 e. The Kier molecular flexibility index (Phi) is 2.62. The second-order valence-electron chi connectivity index (χ2n) is 5.28. The molecule has 0 unspecified atom stereocenters. The highest BCUT2D eigenvalue weighted by Gasteiger charge is 2.44. The molecule has 0 radical (unpaired) electrons. The van der Waals surface area contributed by atoms with Crippen LogP contribution in [0.3, 0.4) is 0 Å². The Labute approximate surface area is 107 Å². The summed E-state index contributed by atoms with van der Waals surface area (Å²) in [7, 11) is 0. The van der Waals surface area contributed by atoms with E-state index in [0.29, 0.717) is 11.0 Å². The minimum Gasteiger partial charge on any atom is -0.371 e. The molecule has 1 saturated heterocycles. The van der Waals surface area contributed by atoms with Crippen molar-refractivity contribution < 1.29 is 4.79 Å². The third-order valence-corrected chi connectivity index (χ3v) is 4.44. The van der Waals surface area contributed by atoms with Crippen molar-refractivity contribution in [1.29, 1.82) is 0 Å². The Balaban J connectivity index is 1.82. The number of piperidine rings is 1. The fourth-order valence-corrected chi connectivity index (χ4v) is 2.97. The summed E-state index contributed by atoms with van der Waals surface area (Å²) in [5.41, 5.74) is 2.31. The number of hydrogen-bond donors (Lipinski definition) is 0. The third kappa shape index (κ3) is 2.06. The van der Waals surface area contributed by atoms with Gasteiger partial charge < -0.3 is 4.90 Å². The molecule has 1 spiro atoms. The lowest BCUT2D eigenvalue weighted by molar-refractivity contribution is 0.108. The first-order chi connectivity index (χ1) is 8.20. The molecule has 1 saturated carbocycles. The molecule has 1 aliphatic heterocycles. The summed E-state index contributed by atoms with van der Waals surface area (Å²) in [6.07, 6.45) is 5.32. The molecule has 0 N–H and O–H groups in total. The highest BCUT2D eigenvalue weighted by atomic mass is 35.5. The van der Waals surface area contributed by atoms with Crippen molar-refractivity contribution in [1.82, 2.24) is 0 Å². The van der Waals surface area contributed by atoms with Crippen LogP contribution >= 0.6 is 11.6 Å². The highest BCUT2D eigenvalue weighted by molar-refractivity contribution is 6.68. The molecule has 17 heavy (non-hydrogen) atoms. The minimum atomic E-state index is -0.354. The molecule has 1 aromatic rings. The van der Waals surface area contributed by atoms with E-state index in [-0.39, 0.29) is 5.24 Å². The molecule has 2 fully saturated rings. The van der Waals surface area contributed by atoms with E-state index in [1.807, 2.05) is 24.3 Å². The van der Waals surface area contributed by atoms with Gasteiger partial charge in [-0.25, -0.2) is 0 Å². The number of halogens is 1. The lowest BCUT2D eigenvalue weighted by atomic mass is 9.93. The van der Waals surface area contributed by atoms with Crippen molar-refractivity contribution in [3.05, 3.63) is 29.8 Å². The first-order valence-electron chi connectivity index (χ1n) is 6.24. The minimum absolute atomic E-state index is 0.354. The molecular formula is C14H16ClNO. The highest BCUT2D eigenvalue weighted by Crippen LogP contribution is 2.54. The molecule has 0 aromatic heterocycles. The molecule has 3 heteroatoms. The van der Waals surface area contributed by atoms with E-state index in [0.717, 1.165) is 18.8 Å². The Hall–Kier alpha value is -1.02. The number of benzene rings is 1. The average Bonchev–Trinajstić information content (AvgIpc) is 3.10. The third-order valence-electron chi connectivity index (χ3n) is 4.24. The fraction of sp³-hybridized carbons (Fsp3) is 0.500. The van der Waals surface area contributed by atoms with Crippen LogP contribution < -0.4 is 4.90 Å². The van der Waals surface area contributed by atoms with Crippen LogP contribution in [0.25, 0.3) is 0 Å². The molecule has 0 bridgehead atoms. The summed E-state index contributed by atoms with van der Waals surface area (Å²) >= 11 is 5.63. The van der Waals surface area contributed by atoms with Crippen LogP contribution in [0, 0.1) is 5.41 Å². The maximum absolute atomic E-state index is 11.4. The molecule has 1 aliphatic carbocycles. The zero-order chi connectivity index (χ0) is 11.9. The van der Waals surface area contributed by atoms with Gasteiger partial charge in [0.25, 0.3) is 5.24 Å². The second-order valence-corrected chi connectivity index (χ2v) is 5.62. The van der Waals surface area contributed by atoms with Gasteiger partial charge in [0.05, 0.1) is 5.56 Å². The summed E-state index contributed by atoms with van der Waals surface area (Å²) in [6, 6.07) is 7.65. The second kappa shape index (κ2) is 4.02. The van der Waals surface area contributed by atoms with Crippen LogP contribution in [-0.2, 0) is 0 Å². The molecule has 1 heterocycles. The van der Waals surface area contributed by atoms with E-state index in [2.05, 4.69) is 4.90 Å². The molecule has 0 atom stereocenters. The van der Waals surface area contributed by atoms with E-state index >= 15 is 0 Å². The first kappa shape index (κ1) is 11.1. The van der Waals surface area contributed by atoms with Gasteiger partial charge in [-0.15, -0.1) is 0 Å². The van der Waals surface area contributed by atoms with Crippen molar-refractivity contribution >= 4 is 22.5 Å². The Morgan fingerprint density at radius 2 is 1.76 bits per heavy atom. The predicted molar refractivity (Wildman–Crippen MR) is 69.7 cm³/mol. The molecule has 90 valence electrons. The number of rotatable bonds is 2. The summed E-state index contributed by atoms with van der Waals surface area (Å²) in [6.45, 7) is 2.11. The largest absolute Gasteiger partial charge is 0.371 e. The molecule has 1 aromatic carbocycles. The number of nitrogens with zero attached hydrogens (tertiary/aromatic N) is 1. The van der Waals surface area contributed by atoms with Gasteiger partial charge in [-0.05, 0) is 54.8 Å². The van der Waals surface area contributed by atoms with Crippen LogP contribution in [0.1, 0.15) is 36.0 Å². The Morgan fingerprint density at radius 1 is 1.12 bits per heavy atom. The van der Waals surface area contributed by atoms with Gasteiger partial charge >= 0.3 is 0 Å². The van der Waals surface area contributed by atoms with Gasteiger partial charge in [-0.2, -0.15) is 0 Å². The van der Waals surface area contributed by atoms with Gasteiger partial charge in [-0.3, -0.25) is 4.79 Å². The fourth-order valence-electron chi connectivity index (χ4n) is 2.81. The van der Waals surface area contributed by atoms with Crippen LogP contribution in [0.5, 0.6) is 0 Å². The molecule has 0 amide bonds. The van der Waals surface area contributed by atoms with Gasteiger partial charge in [0, 0.05) is 18.8 Å². The number of carbonyl (C=O) groups is 1. The molecule has 3 rings (SSSR count). The monoisotopic (exact) mass is 249 g/mol. The lowest BCUT2D eigenvalue weighted by Crippen LogP contribution is -2.35. The van der Waals surface area contributed by atoms with Crippen molar-refractivity contribution in [2.24, 2.45) is 5.41 Å². The first-order valence-corrected chi connectivity index (χ1v) is 6.62. The smallest absolute Gasteiger partial charge is 0.254 e. The van der Waals surface area contributed by atoms with Gasteiger partial charge in [0.2, 0.25) is 0 Å². The van der Waals surface area contributed by atoms with Crippen LogP contribution in [-0.4, -0.2) is 18.3 Å². The topological polar surface area (TPSA) is 20.3 Å². The number of hydrogen-bond acceptors (Lipinski definition) is 2. The molecule has 2 nitrogen and oxygen atoms in total. The average molecular weight is 250 g/mol. The SMILES string of the molecule is O=C(Cl)c1ccccc1N1CCC2(CC1)CC2. The Bertz CT molecular complexity index is 443. The summed E-state index contributed by atoms with van der Waals surface area (Å²) < 4.78 is 0. The van der Waals surface area contributed by atoms with Crippen molar-refractivity contribution in [3.8, 4) is 0 Å². The van der Waals surface area contributed by atoms with E-state index in [1.54, 1.807) is 0 Å². The lowest BCUT2D eigenvalue weighted by Gasteiger charge is -2.34. The van der Waals surface area contributed by atoms with E-state index in [4.69, 9.17) is 11.6 Å². The number of carbonyl (C=O) groups excluding carboxylic acids is 1. The van der Waals surface area contributed by atoms with Crippen molar-refractivity contribution in [2.45, 2.75) is 25.7 Å². The summed E-state index contributed by atoms with van der Waals surface area (Å²) in [4.78, 5) is 13.7. The maximum atomic E-state index is 11.4. The van der Waals surface area contributed by atoms with Crippen molar-refractivity contribution in [3.63, 3.8) is 0 Å². The summed E-state index contributed by atoms with van der Waals surface area (Å²) in [5, 5.41) is -0.354. The molecule has 2 aliphatic rings. The zero-order valence-electron chi connectivity index (χ0n) is 9.79. The zero-order valence-corrected chi connectivity index (χ0v) is 10.5. The molecular weight excluding hydrogens is 234 g/mol. The normalized spacial score (nSPS) is 21.6. The quantitative estimate of drug-likeness (QED) is 0.749. The van der Waals surface area contributed by atoms with Crippen LogP contribution in [0.2, 0.25) is 0 Å². The van der Waals surface area contributed by atoms with Crippen LogP contribution in [0.15, 0.2) is 24.3 Å². The summed E-state index contributed by atoms with van der Waals surface area (Å²) in [5.74, 6) is 0. The standard InChI is InChI=1S/C14H16ClNO/c15-13(17)11-3-1-2-4-12(11)16-9-7-14(5-6-14)8-10-16/h1-4H,5-10H2. The van der Waals surface area contributed by atoms with E-state index in [1.165, 1.54) is 25.7 Å². The number of para-hydroxylation sites is 1. The van der Waals surface area contributed by atoms with Gasteiger partial charge in [-0.1, -0.05) is 12.1 Å². The van der Waals surface area contributed by atoms with Gasteiger partial charge in [0.1, 0.15) is 0 Å². The van der Waals surface area contributed by atoms with E-state index < -0.39 is 0 Å². The number of anilines is 1. The van der Waals surface area contributed by atoms with Crippen LogP contribution in [0.4, 0.5) is 5.69 Å². The van der Waals surface area contributed by atoms with E-state index in [9.17, 15) is 4.79 Å². The van der Waals surface area contributed by atoms with Crippen molar-refractivity contribution in [2.75, 3.05) is 18.0 Å². The van der Waals surface area contributed by atoms with Gasteiger partial charge in [0.15, 0.2) is 0 Å².